The zero-order valence-electron chi connectivity index (χ0n) is 21.5. The van der Waals surface area contributed by atoms with Gasteiger partial charge in [-0.3, -0.25) is 24.3 Å². The van der Waals surface area contributed by atoms with Gasteiger partial charge >= 0.3 is 11.9 Å². The summed E-state index contributed by atoms with van der Waals surface area (Å²) in [5, 5.41) is 3.29. The van der Waals surface area contributed by atoms with Gasteiger partial charge in [-0.25, -0.2) is 0 Å². The third kappa shape index (κ3) is 6.23. The van der Waals surface area contributed by atoms with Crippen molar-refractivity contribution in [3.8, 4) is 0 Å². The molecule has 8 nitrogen and oxygen atoms in total. The maximum absolute atomic E-state index is 12.1. The Labute approximate surface area is 209 Å². The Morgan fingerprint density at radius 2 is 1.26 bits per heavy atom. The Morgan fingerprint density at radius 1 is 0.771 bits per heavy atom. The second kappa shape index (κ2) is 11.8. The summed E-state index contributed by atoms with van der Waals surface area (Å²) in [7, 11) is 0. The number of hydrogen-bond acceptors (Lipinski definition) is 8. The van der Waals surface area contributed by atoms with Crippen LogP contribution in [0.15, 0.2) is 30.3 Å². The summed E-state index contributed by atoms with van der Waals surface area (Å²) >= 11 is 0. The number of esters is 2. The molecule has 1 aromatic rings. The second-order valence-corrected chi connectivity index (χ2v) is 9.99. The van der Waals surface area contributed by atoms with Gasteiger partial charge in [0.25, 0.3) is 0 Å². The molecular weight excluding hydrogens is 444 g/mol. The fourth-order valence-electron chi connectivity index (χ4n) is 5.34. The molecule has 2 saturated carbocycles. The minimum atomic E-state index is -0.283. The molecule has 2 aliphatic carbocycles. The van der Waals surface area contributed by atoms with Crippen LogP contribution >= 0.6 is 0 Å². The lowest BCUT2D eigenvalue weighted by molar-refractivity contribution is -0.153. The summed E-state index contributed by atoms with van der Waals surface area (Å²) in [4.78, 5) is 30.9. The van der Waals surface area contributed by atoms with Crippen LogP contribution in [0.1, 0.15) is 45.1 Å². The number of carbonyl (C=O) groups is 2. The van der Waals surface area contributed by atoms with Crippen LogP contribution in [0, 0.1) is 0 Å². The van der Waals surface area contributed by atoms with Crippen LogP contribution in [0.2, 0.25) is 0 Å². The molecule has 2 saturated heterocycles. The molecular formula is C27H42N4O4. The molecule has 0 radical (unpaired) electrons. The van der Waals surface area contributed by atoms with Crippen LogP contribution in [-0.2, 0) is 25.6 Å². The minimum Gasteiger partial charge on any atom is -0.465 e. The van der Waals surface area contributed by atoms with Gasteiger partial charge in [-0.1, -0.05) is 30.3 Å². The van der Waals surface area contributed by atoms with Crippen molar-refractivity contribution in [1.29, 1.82) is 0 Å². The van der Waals surface area contributed by atoms with Crippen LogP contribution in [0.3, 0.4) is 0 Å². The molecule has 4 fully saturated rings. The minimum absolute atomic E-state index is 0.0121. The second-order valence-electron chi connectivity index (χ2n) is 9.99. The standard InChI is InChI=1S/C17H24N2O2.C10H18N2O2/c1-2-21-16(20)17(8-9-17)19-12-10-18(11-13-19)14-15-6-4-3-5-7-15;1-2-14-9(13)10(3-4-10)12-7-5-11-6-8-12/h3-7H,2,8-14H2,1H3;11H,2-8H2,1H3. The molecule has 0 aromatic heterocycles. The van der Waals surface area contributed by atoms with Crippen molar-refractivity contribution in [3.05, 3.63) is 35.9 Å². The van der Waals surface area contributed by atoms with E-state index in [1.807, 2.05) is 13.8 Å². The highest BCUT2D eigenvalue weighted by Gasteiger charge is 2.56. The van der Waals surface area contributed by atoms with E-state index in [-0.39, 0.29) is 23.0 Å². The number of rotatable bonds is 8. The number of carbonyl (C=O) groups excluding carboxylic acids is 2. The highest BCUT2D eigenvalue weighted by Crippen LogP contribution is 2.44. The molecule has 5 rings (SSSR count). The van der Waals surface area contributed by atoms with Gasteiger partial charge in [0, 0.05) is 58.9 Å². The lowest BCUT2D eigenvalue weighted by Crippen LogP contribution is -2.54. The van der Waals surface area contributed by atoms with E-state index < -0.39 is 0 Å². The summed E-state index contributed by atoms with van der Waals surface area (Å²) in [6.07, 6.45) is 3.88. The summed E-state index contributed by atoms with van der Waals surface area (Å²) in [6.45, 7) is 13.6. The van der Waals surface area contributed by atoms with Crippen molar-refractivity contribution in [2.75, 3.05) is 65.6 Å². The normalized spacial score (nSPS) is 23.5. The average Bonchev–Trinajstić information content (AvgIpc) is 3.81. The molecule has 0 bridgehead atoms. The molecule has 0 unspecified atom stereocenters. The molecule has 0 atom stereocenters. The zero-order valence-corrected chi connectivity index (χ0v) is 21.5. The highest BCUT2D eigenvalue weighted by atomic mass is 16.5. The van der Waals surface area contributed by atoms with E-state index in [1.165, 1.54) is 5.56 Å². The molecule has 35 heavy (non-hydrogen) atoms. The lowest BCUT2D eigenvalue weighted by Gasteiger charge is -2.38. The lowest BCUT2D eigenvalue weighted by atomic mass is 10.1. The Morgan fingerprint density at radius 3 is 1.71 bits per heavy atom. The van der Waals surface area contributed by atoms with Gasteiger partial charge in [0.05, 0.1) is 13.2 Å². The Hall–Kier alpha value is -2.00. The summed E-state index contributed by atoms with van der Waals surface area (Å²) in [6, 6.07) is 10.6. The van der Waals surface area contributed by atoms with Crippen molar-refractivity contribution in [1.82, 2.24) is 20.0 Å². The number of piperazine rings is 2. The molecule has 8 heteroatoms. The average molecular weight is 487 g/mol. The molecule has 2 heterocycles. The van der Waals surface area contributed by atoms with Crippen LogP contribution in [0.25, 0.3) is 0 Å². The van der Waals surface area contributed by atoms with Gasteiger partial charge in [-0.15, -0.1) is 0 Å². The number of ether oxygens (including phenoxy) is 2. The van der Waals surface area contributed by atoms with E-state index in [9.17, 15) is 9.59 Å². The van der Waals surface area contributed by atoms with Crippen molar-refractivity contribution in [3.63, 3.8) is 0 Å². The quantitative estimate of drug-likeness (QED) is 0.559. The molecule has 0 amide bonds. The predicted molar refractivity (Wildman–Crippen MR) is 135 cm³/mol. The monoisotopic (exact) mass is 486 g/mol. The van der Waals surface area contributed by atoms with Gasteiger partial charge in [0.1, 0.15) is 11.1 Å². The van der Waals surface area contributed by atoms with Crippen molar-refractivity contribution >= 4 is 11.9 Å². The first-order chi connectivity index (χ1) is 17.0. The van der Waals surface area contributed by atoms with Gasteiger partial charge < -0.3 is 14.8 Å². The first-order valence-corrected chi connectivity index (χ1v) is 13.4. The SMILES string of the molecule is CCOC(=O)C1(N2CCN(Cc3ccccc3)CC2)CC1.CCOC(=O)C1(N2CCNCC2)CC1. The van der Waals surface area contributed by atoms with Crippen LogP contribution in [0.5, 0.6) is 0 Å². The third-order valence-electron chi connectivity index (χ3n) is 7.71. The van der Waals surface area contributed by atoms with Crippen molar-refractivity contribution in [2.24, 2.45) is 0 Å². The maximum Gasteiger partial charge on any atom is 0.326 e. The summed E-state index contributed by atoms with van der Waals surface area (Å²) < 4.78 is 10.4. The van der Waals surface area contributed by atoms with E-state index in [2.05, 4.69) is 50.3 Å². The van der Waals surface area contributed by atoms with Gasteiger partial charge in [0.15, 0.2) is 0 Å². The van der Waals surface area contributed by atoms with E-state index >= 15 is 0 Å². The van der Waals surface area contributed by atoms with Crippen LogP contribution in [0.4, 0.5) is 0 Å². The Kier molecular flexibility index (Phi) is 8.81. The van der Waals surface area contributed by atoms with Crippen LogP contribution < -0.4 is 5.32 Å². The predicted octanol–water partition coefficient (Wildman–Crippen LogP) is 1.89. The van der Waals surface area contributed by atoms with Crippen molar-refractivity contribution in [2.45, 2.75) is 57.2 Å². The fraction of sp³-hybridized carbons (Fsp3) is 0.704. The van der Waals surface area contributed by atoms with E-state index in [0.717, 1.165) is 84.6 Å². The van der Waals surface area contributed by atoms with E-state index in [4.69, 9.17) is 9.47 Å². The number of nitrogens with one attached hydrogen (secondary N) is 1. The Balaban J connectivity index is 0.000000179. The van der Waals surface area contributed by atoms with E-state index in [0.29, 0.717) is 13.2 Å². The summed E-state index contributed by atoms with van der Waals surface area (Å²) in [5.41, 5.74) is 0.838. The maximum atomic E-state index is 12.1. The van der Waals surface area contributed by atoms with Crippen molar-refractivity contribution < 1.29 is 19.1 Å². The molecule has 0 spiro atoms. The molecule has 2 aliphatic heterocycles. The number of benzene rings is 1. The largest absolute Gasteiger partial charge is 0.465 e. The molecule has 1 aromatic carbocycles. The first-order valence-electron chi connectivity index (χ1n) is 13.4. The fourth-order valence-corrected chi connectivity index (χ4v) is 5.34. The molecule has 4 aliphatic rings. The number of nitrogens with zero attached hydrogens (tertiary/aromatic N) is 3. The van der Waals surface area contributed by atoms with Gasteiger partial charge in [0.2, 0.25) is 0 Å². The molecule has 194 valence electrons. The smallest absolute Gasteiger partial charge is 0.326 e. The Bertz CT molecular complexity index is 827. The molecule has 1 N–H and O–H groups in total. The van der Waals surface area contributed by atoms with Crippen LogP contribution in [-0.4, -0.2) is 103 Å². The topological polar surface area (TPSA) is 74.4 Å². The number of hydrogen-bond donors (Lipinski definition) is 1. The van der Waals surface area contributed by atoms with Gasteiger partial charge in [-0.2, -0.15) is 0 Å². The third-order valence-corrected chi connectivity index (χ3v) is 7.71. The zero-order chi connectivity index (χ0) is 24.7. The first kappa shape index (κ1) is 26.1. The summed E-state index contributed by atoms with van der Waals surface area (Å²) in [5.74, 6) is -0.0246. The van der Waals surface area contributed by atoms with E-state index in [1.54, 1.807) is 0 Å². The van der Waals surface area contributed by atoms with Gasteiger partial charge in [-0.05, 0) is 45.1 Å². The highest BCUT2D eigenvalue weighted by molar-refractivity contribution is 5.84.